The van der Waals surface area contributed by atoms with Gasteiger partial charge in [-0.05, 0) is 19.3 Å². The number of carbonyl (C=O) groups is 1. The van der Waals surface area contributed by atoms with Crippen LogP contribution in [-0.2, 0) is 22.7 Å². The molecule has 2 heterocycles. The van der Waals surface area contributed by atoms with Crippen LogP contribution in [-0.4, -0.2) is 36.0 Å². The molecular weight excluding hydrogens is 252 g/mol. The minimum Gasteiger partial charge on any atom is -0.298 e. The lowest BCUT2D eigenvalue weighted by atomic mass is 10.1. The van der Waals surface area contributed by atoms with E-state index in [9.17, 15) is 13.2 Å². The molecule has 1 aliphatic heterocycles. The highest BCUT2D eigenvalue weighted by Crippen LogP contribution is 2.27. The zero-order chi connectivity index (χ0) is 13.3. The zero-order valence-corrected chi connectivity index (χ0v) is 11.5. The van der Waals surface area contributed by atoms with Crippen molar-refractivity contribution in [2.24, 2.45) is 0 Å². The van der Waals surface area contributed by atoms with E-state index in [0.717, 1.165) is 17.7 Å². The molecule has 1 aromatic rings. The summed E-state index contributed by atoms with van der Waals surface area (Å²) in [5.41, 5.74) is 2.28. The standard InChI is InChI=1S/C12H18N2O3S/c1-3-11-10(7-15)12(4-2)14(13-11)9-5-6-18(16,17)8-9/h7,9H,3-6,8H2,1-2H3. The van der Waals surface area contributed by atoms with Gasteiger partial charge in [-0.1, -0.05) is 13.8 Å². The number of nitrogens with zero attached hydrogens (tertiary/aromatic N) is 2. The largest absolute Gasteiger partial charge is 0.298 e. The molecular formula is C12H18N2O3S. The highest BCUT2D eigenvalue weighted by atomic mass is 32.2. The fourth-order valence-electron chi connectivity index (χ4n) is 2.55. The Bertz CT molecular complexity index is 560. The van der Waals surface area contributed by atoms with Gasteiger partial charge in [0.25, 0.3) is 0 Å². The van der Waals surface area contributed by atoms with E-state index >= 15 is 0 Å². The molecule has 2 rings (SSSR count). The summed E-state index contributed by atoms with van der Waals surface area (Å²) >= 11 is 0. The normalized spacial score (nSPS) is 22.2. The molecule has 0 radical (unpaired) electrons. The average molecular weight is 270 g/mol. The third-order valence-corrected chi connectivity index (χ3v) is 5.22. The van der Waals surface area contributed by atoms with Crippen LogP contribution in [0, 0.1) is 0 Å². The Hall–Kier alpha value is -1.17. The van der Waals surface area contributed by atoms with Crippen LogP contribution in [0.2, 0.25) is 0 Å². The topological polar surface area (TPSA) is 69.0 Å². The van der Waals surface area contributed by atoms with Crippen LogP contribution in [0.25, 0.3) is 0 Å². The minimum atomic E-state index is -2.93. The van der Waals surface area contributed by atoms with Crippen molar-refractivity contribution in [1.29, 1.82) is 0 Å². The Morgan fingerprint density at radius 3 is 2.56 bits per heavy atom. The van der Waals surface area contributed by atoms with Gasteiger partial charge in [0.2, 0.25) is 0 Å². The van der Waals surface area contributed by atoms with Crippen molar-refractivity contribution < 1.29 is 13.2 Å². The lowest BCUT2D eigenvalue weighted by Crippen LogP contribution is -2.15. The Morgan fingerprint density at radius 2 is 2.11 bits per heavy atom. The van der Waals surface area contributed by atoms with Crippen LogP contribution in [0.3, 0.4) is 0 Å². The predicted octanol–water partition coefficient (Wildman–Crippen LogP) is 1.18. The monoisotopic (exact) mass is 270 g/mol. The Balaban J connectivity index is 2.45. The van der Waals surface area contributed by atoms with E-state index in [4.69, 9.17) is 0 Å². The van der Waals surface area contributed by atoms with Gasteiger partial charge in [-0.3, -0.25) is 9.48 Å². The zero-order valence-electron chi connectivity index (χ0n) is 10.7. The summed E-state index contributed by atoms with van der Waals surface area (Å²) in [7, 11) is -2.93. The van der Waals surface area contributed by atoms with Crippen molar-refractivity contribution in [2.45, 2.75) is 39.2 Å². The summed E-state index contributed by atoms with van der Waals surface area (Å²) in [6.07, 6.45) is 2.81. The Kier molecular flexibility index (Phi) is 3.56. The van der Waals surface area contributed by atoms with E-state index in [-0.39, 0.29) is 17.5 Å². The van der Waals surface area contributed by atoms with E-state index in [1.807, 2.05) is 13.8 Å². The minimum absolute atomic E-state index is 0.107. The molecule has 0 amide bonds. The molecule has 1 saturated heterocycles. The number of hydrogen-bond donors (Lipinski definition) is 0. The van der Waals surface area contributed by atoms with Gasteiger partial charge in [-0.2, -0.15) is 5.10 Å². The molecule has 5 nitrogen and oxygen atoms in total. The molecule has 18 heavy (non-hydrogen) atoms. The molecule has 0 spiro atoms. The Morgan fingerprint density at radius 1 is 1.39 bits per heavy atom. The molecule has 1 aromatic heterocycles. The summed E-state index contributed by atoms with van der Waals surface area (Å²) in [5, 5.41) is 4.44. The fraction of sp³-hybridized carbons (Fsp3) is 0.667. The molecule has 1 atom stereocenters. The SMILES string of the molecule is CCc1nn(C2CCS(=O)(=O)C2)c(CC)c1C=O. The summed E-state index contributed by atoms with van der Waals surface area (Å²) in [4.78, 5) is 11.1. The van der Waals surface area contributed by atoms with Crippen molar-refractivity contribution in [3.63, 3.8) is 0 Å². The summed E-state index contributed by atoms with van der Waals surface area (Å²) in [6, 6.07) is -0.107. The Labute approximate surface area is 107 Å². The van der Waals surface area contributed by atoms with Crippen molar-refractivity contribution in [2.75, 3.05) is 11.5 Å². The predicted molar refractivity (Wildman–Crippen MR) is 68.7 cm³/mol. The van der Waals surface area contributed by atoms with Gasteiger partial charge < -0.3 is 0 Å². The molecule has 6 heteroatoms. The van der Waals surface area contributed by atoms with Crippen molar-refractivity contribution in [3.8, 4) is 0 Å². The molecule has 0 aliphatic carbocycles. The van der Waals surface area contributed by atoms with Crippen molar-refractivity contribution in [3.05, 3.63) is 17.0 Å². The lowest BCUT2D eigenvalue weighted by molar-refractivity contribution is 0.112. The van der Waals surface area contributed by atoms with E-state index in [0.29, 0.717) is 24.8 Å². The molecule has 0 N–H and O–H groups in total. The van der Waals surface area contributed by atoms with Gasteiger partial charge in [0.1, 0.15) is 0 Å². The van der Waals surface area contributed by atoms with E-state index in [2.05, 4.69) is 5.10 Å². The number of aromatic nitrogens is 2. The second-order valence-electron chi connectivity index (χ2n) is 4.63. The molecule has 100 valence electrons. The van der Waals surface area contributed by atoms with Crippen LogP contribution < -0.4 is 0 Å². The lowest BCUT2D eigenvalue weighted by Gasteiger charge is -2.12. The maximum absolute atomic E-state index is 11.5. The number of carbonyl (C=O) groups excluding carboxylic acids is 1. The number of rotatable bonds is 4. The van der Waals surface area contributed by atoms with Gasteiger partial charge in [0.05, 0.1) is 28.8 Å². The van der Waals surface area contributed by atoms with Crippen molar-refractivity contribution >= 4 is 16.1 Å². The third kappa shape index (κ3) is 2.21. The molecule has 1 aliphatic rings. The highest BCUT2D eigenvalue weighted by Gasteiger charge is 2.32. The molecule has 0 saturated carbocycles. The van der Waals surface area contributed by atoms with Crippen LogP contribution in [0.15, 0.2) is 0 Å². The molecule has 0 aromatic carbocycles. The number of hydrogen-bond acceptors (Lipinski definition) is 4. The van der Waals surface area contributed by atoms with Crippen molar-refractivity contribution in [1.82, 2.24) is 9.78 Å². The number of aryl methyl sites for hydroxylation is 1. The van der Waals surface area contributed by atoms with Crippen LogP contribution >= 0.6 is 0 Å². The van der Waals surface area contributed by atoms with Gasteiger partial charge in [0.15, 0.2) is 16.1 Å². The second-order valence-corrected chi connectivity index (χ2v) is 6.86. The number of aldehydes is 1. The molecule has 0 bridgehead atoms. The fourth-order valence-corrected chi connectivity index (χ4v) is 4.25. The average Bonchev–Trinajstić information content (AvgIpc) is 2.87. The third-order valence-electron chi connectivity index (χ3n) is 3.47. The van der Waals surface area contributed by atoms with Gasteiger partial charge in [-0.25, -0.2) is 8.42 Å². The highest BCUT2D eigenvalue weighted by molar-refractivity contribution is 7.91. The first-order valence-corrected chi connectivity index (χ1v) is 8.10. The first-order chi connectivity index (χ1) is 8.52. The second kappa shape index (κ2) is 4.84. The maximum atomic E-state index is 11.5. The summed E-state index contributed by atoms with van der Waals surface area (Å²) in [5.74, 6) is 0.363. The maximum Gasteiger partial charge on any atom is 0.153 e. The van der Waals surface area contributed by atoms with Gasteiger partial charge in [-0.15, -0.1) is 0 Å². The number of sulfone groups is 1. The van der Waals surface area contributed by atoms with Gasteiger partial charge in [0, 0.05) is 5.69 Å². The molecule has 1 unspecified atom stereocenters. The van der Waals surface area contributed by atoms with Gasteiger partial charge >= 0.3 is 0 Å². The first-order valence-electron chi connectivity index (χ1n) is 6.28. The van der Waals surface area contributed by atoms with E-state index in [1.165, 1.54) is 0 Å². The van der Waals surface area contributed by atoms with E-state index < -0.39 is 9.84 Å². The van der Waals surface area contributed by atoms with E-state index in [1.54, 1.807) is 4.68 Å². The quantitative estimate of drug-likeness (QED) is 0.770. The first kappa shape index (κ1) is 13.3. The summed E-state index contributed by atoms with van der Waals surface area (Å²) in [6.45, 7) is 3.91. The van der Waals surface area contributed by atoms with Crippen LogP contribution in [0.4, 0.5) is 0 Å². The smallest absolute Gasteiger partial charge is 0.153 e. The summed E-state index contributed by atoms with van der Waals surface area (Å²) < 4.78 is 24.8. The molecule has 1 fully saturated rings. The van der Waals surface area contributed by atoms with Crippen LogP contribution in [0.5, 0.6) is 0 Å². The van der Waals surface area contributed by atoms with Crippen LogP contribution in [0.1, 0.15) is 48.1 Å².